The first-order valence-electron chi connectivity index (χ1n) is 7.65. The first-order chi connectivity index (χ1) is 11.1. The van der Waals surface area contributed by atoms with E-state index in [1.807, 2.05) is 31.2 Å². The highest BCUT2D eigenvalue weighted by Gasteiger charge is 2.23. The lowest BCUT2D eigenvalue weighted by atomic mass is 9.88. The molecule has 5 heteroatoms. The van der Waals surface area contributed by atoms with Crippen LogP contribution in [-0.2, 0) is 19.1 Å². The van der Waals surface area contributed by atoms with Crippen LogP contribution >= 0.6 is 11.6 Å². The first-order valence-corrected chi connectivity index (χ1v) is 8.19. The molecule has 0 amide bonds. The van der Waals surface area contributed by atoms with Crippen molar-refractivity contribution >= 4 is 23.5 Å². The van der Waals surface area contributed by atoms with Crippen LogP contribution in [-0.4, -0.2) is 31.5 Å². The minimum absolute atomic E-state index is 0.288. The van der Waals surface area contributed by atoms with Crippen molar-refractivity contribution in [2.75, 3.05) is 19.6 Å². The number of ether oxygens (including phenoxy) is 2. The topological polar surface area (TPSA) is 52.6 Å². The van der Waals surface area contributed by atoms with Crippen molar-refractivity contribution in [3.8, 4) is 0 Å². The molecule has 126 valence electrons. The van der Waals surface area contributed by atoms with Gasteiger partial charge in [-0.1, -0.05) is 31.2 Å². The summed E-state index contributed by atoms with van der Waals surface area (Å²) in [7, 11) is 1.35. The third-order valence-electron chi connectivity index (χ3n) is 3.42. The number of allylic oxidation sites excluding steroid dienone is 5. The van der Waals surface area contributed by atoms with Crippen LogP contribution in [0.5, 0.6) is 0 Å². The van der Waals surface area contributed by atoms with E-state index in [0.29, 0.717) is 41.9 Å². The Morgan fingerprint density at radius 3 is 2.70 bits per heavy atom. The standard InChI is InChI=1S/C18H23ClO4/c1-4-8-16(18(21)22-3)15-10-6-5-9-14(15)13(2)17(20)23-12-7-11-19/h5-6,8,10H,4,7,9,11-12H2,1-3H3. The summed E-state index contributed by atoms with van der Waals surface area (Å²) in [4.78, 5) is 24.2. The molecule has 0 spiro atoms. The molecular weight excluding hydrogens is 316 g/mol. The van der Waals surface area contributed by atoms with Gasteiger partial charge in [0.25, 0.3) is 0 Å². The van der Waals surface area contributed by atoms with E-state index in [-0.39, 0.29) is 12.6 Å². The summed E-state index contributed by atoms with van der Waals surface area (Å²) in [6.45, 7) is 3.95. The third kappa shape index (κ3) is 5.39. The number of rotatable bonds is 7. The highest BCUT2D eigenvalue weighted by molar-refractivity contribution is 6.17. The molecule has 0 N–H and O–H groups in total. The zero-order valence-electron chi connectivity index (χ0n) is 13.9. The van der Waals surface area contributed by atoms with Crippen LogP contribution in [0, 0.1) is 0 Å². The lowest BCUT2D eigenvalue weighted by molar-refractivity contribution is -0.139. The number of methoxy groups -OCH3 is 1. The van der Waals surface area contributed by atoms with Crippen molar-refractivity contribution in [2.24, 2.45) is 0 Å². The van der Waals surface area contributed by atoms with Crippen molar-refractivity contribution in [1.29, 1.82) is 0 Å². The van der Waals surface area contributed by atoms with Crippen molar-refractivity contribution < 1.29 is 19.1 Å². The molecule has 0 aromatic rings. The van der Waals surface area contributed by atoms with Gasteiger partial charge < -0.3 is 9.47 Å². The Morgan fingerprint density at radius 1 is 1.35 bits per heavy atom. The molecule has 0 saturated carbocycles. The first kappa shape index (κ1) is 19.2. The Labute approximate surface area is 142 Å². The molecular formula is C18H23ClO4. The van der Waals surface area contributed by atoms with E-state index in [1.165, 1.54) is 7.11 Å². The molecule has 0 heterocycles. The fourth-order valence-corrected chi connectivity index (χ4v) is 2.35. The normalized spacial score (nSPS) is 16.7. The summed E-state index contributed by atoms with van der Waals surface area (Å²) >= 11 is 5.58. The van der Waals surface area contributed by atoms with E-state index in [1.54, 1.807) is 6.92 Å². The lowest BCUT2D eigenvalue weighted by Crippen LogP contribution is -2.15. The van der Waals surface area contributed by atoms with Gasteiger partial charge in [0, 0.05) is 11.5 Å². The Bertz CT molecular complexity index is 568. The van der Waals surface area contributed by atoms with Crippen LogP contribution in [0.2, 0.25) is 0 Å². The minimum Gasteiger partial charge on any atom is -0.465 e. The summed E-state index contributed by atoms with van der Waals surface area (Å²) in [5.41, 5.74) is 2.48. The quantitative estimate of drug-likeness (QED) is 0.306. The predicted octanol–water partition coefficient (Wildman–Crippen LogP) is 3.87. The van der Waals surface area contributed by atoms with E-state index in [4.69, 9.17) is 21.1 Å². The van der Waals surface area contributed by atoms with Gasteiger partial charge in [-0.2, -0.15) is 0 Å². The molecule has 0 bridgehead atoms. The number of carbonyl (C=O) groups excluding carboxylic acids is 2. The minimum atomic E-state index is -0.408. The van der Waals surface area contributed by atoms with Gasteiger partial charge >= 0.3 is 11.9 Å². The van der Waals surface area contributed by atoms with Crippen molar-refractivity contribution in [3.63, 3.8) is 0 Å². The second-order valence-electron chi connectivity index (χ2n) is 5.01. The fraction of sp³-hybridized carbons (Fsp3) is 0.444. The molecule has 0 fully saturated rings. The van der Waals surface area contributed by atoms with E-state index in [0.717, 1.165) is 5.57 Å². The molecule has 1 aliphatic rings. The molecule has 23 heavy (non-hydrogen) atoms. The monoisotopic (exact) mass is 338 g/mol. The van der Waals surface area contributed by atoms with Gasteiger partial charge in [0.15, 0.2) is 0 Å². The van der Waals surface area contributed by atoms with E-state index in [2.05, 4.69) is 0 Å². The number of hydrogen-bond donors (Lipinski definition) is 0. The second-order valence-corrected chi connectivity index (χ2v) is 5.39. The fourth-order valence-electron chi connectivity index (χ4n) is 2.24. The van der Waals surface area contributed by atoms with Crippen LogP contribution in [0.4, 0.5) is 0 Å². The van der Waals surface area contributed by atoms with Gasteiger partial charge in [-0.3, -0.25) is 0 Å². The largest absolute Gasteiger partial charge is 0.465 e. The van der Waals surface area contributed by atoms with E-state index < -0.39 is 5.97 Å². The summed E-state index contributed by atoms with van der Waals surface area (Å²) in [5.74, 6) is -0.344. The van der Waals surface area contributed by atoms with Gasteiger partial charge in [0.2, 0.25) is 0 Å². The van der Waals surface area contributed by atoms with Crippen LogP contribution in [0.15, 0.2) is 46.6 Å². The zero-order valence-corrected chi connectivity index (χ0v) is 14.6. The molecule has 0 aliphatic heterocycles. The summed E-state index contributed by atoms with van der Waals surface area (Å²) < 4.78 is 10.1. The van der Waals surface area contributed by atoms with Gasteiger partial charge in [0.1, 0.15) is 0 Å². The third-order valence-corrected chi connectivity index (χ3v) is 3.69. The summed E-state index contributed by atoms with van der Waals surface area (Å²) in [6, 6.07) is 0. The molecule has 4 nitrogen and oxygen atoms in total. The Kier molecular flexibility index (Phi) is 8.41. The van der Waals surface area contributed by atoms with Crippen LogP contribution in [0.3, 0.4) is 0 Å². The average Bonchev–Trinajstić information content (AvgIpc) is 2.58. The van der Waals surface area contributed by atoms with Gasteiger partial charge in [-0.25, -0.2) is 9.59 Å². The molecule has 1 rings (SSSR count). The maximum absolute atomic E-state index is 12.2. The van der Waals surface area contributed by atoms with Gasteiger partial charge in [-0.05, 0) is 37.3 Å². The number of carbonyl (C=O) groups is 2. The number of hydrogen-bond acceptors (Lipinski definition) is 4. The Morgan fingerprint density at radius 2 is 2.09 bits per heavy atom. The van der Waals surface area contributed by atoms with Crippen LogP contribution in [0.1, 0.15) is 33.1 Å². The molecule has 0 aromatic heterocycles. The molecule has 0 unspecified atom stereocenters. The highest BCUT2D eigenvalue weighted by Crippen LogP contribution is 2.30. The molecule has 0 atom stereocenters. The number of alkyl halides is 1. The Balaban J connectivity index is 3.13. The maximum Gasteiger partial charge on any atom is 0.338 e. The van der Waals surface area contributed by atoms with Gasteiger partial charge in [-0.15, -0.1) is 11.6 Å². The maximum atomic E-state index is 12.2. The molecule has 0 aromatic carbocycles. The number of halogens is 1. The van der Waals surface area contributed by atoms with Crippen molar-refractivity contribution in [3.05, 3.63) is 46.6 Å². The highest BCUT2D eigenvalue weighted by atomic mass is 35.5. The summed E-state index contributed by atoms with van der Waals surface area (Å²) in [5, 5.41) is 0. The van der Waals surface area contributed by atoms with Gasteiger partial charge in [0.05, 0.1) is 19.3 Å². The predicted molar refractivity (Wildman–Crippen MR) is 91.2 cm³/mol. The zero-order chi connectivity index (χ0) is 17.2. The molecule has 1 aliphatic carbocycles. The second kappa shape index (κ2) is 10.1. The lowest BCUT2D eigenvalue weighted by Gasteiger charge is -2.18. The van der Waals surface area contributed by atoms with E-state index >= 15 is 0 Å². The SMILES string of the molecule is CCC=C(C(=O)OC)C1=CC=CCC1=C(C)C(=O)OCCCCl. The smallest absolute Gasteiger partial charge is 0.338 e. The molecule has 0 saturated heterocycles. The van der Waals surface area contributed by atoms with E-state index in [9.17, 15) is 9.59 Å². The summed E-state index contributed by atoms with van der Waals surface area (Å²) in [6.07, 6.45) is 9.32. The average molecular weight is 339 g/mol. The number of esters is 2. The van der Waals surface area contributed by atoms with Crippen LogP contribution < -0.4 is 0 Å². The van der Waals surface area contributed by atoms with Crippen molar-refractivity contribution in [1.82, 2.24) is 0 Å². The van der Waals surface area contributed by atoms with Crippen molar-refractivity contribution in [2.45, 2.75) is 33.1 Å². The molecule has 0 radical (unpaired) electrons. The Hall–Kier alpha value is -1.81. The van der Waals surface area contributed by atoms with Crippen LogP contribution in [0.25, 0.3) is 0 Å².